The molecule has 1 aliphatic heterocycles. The van der Waals surface area contributed by atoms with Crippen LogP contribution < -0.4 is 4.90 Å². The molecule has 1 saturated heterocycles. The molecule has 1 fully saturated rings. The molecule has 0 aliphatic carbocycles. The van der Waals surface area contributed by atoms with Gasteiger partial charge in [-0.2, -0.15) is 13.2 Å². The Morgan fingerprint density at radius 3 is 2.22 bits per heavy atom. The van der Waals surface area contributed by atoms with Crippen molar-refractivity contribution < 1.29 is 22.8 Å². The second-order valence-electron chi connectivity index (χ2n) is 5.86. The summed E-state index contributed by atoms with van der Waals surface area (Å²) >= 11 is 17.6. The number of carbonyl (C=O) groups is 2. The van der Waals surface area contributed by atoms with Crippen LogP contribution in [0.3, 0.4) is 0 Å². The van der Waals surface area contributed by atoms with Gasteiger partial charge >= 0.3 is 12.2 Å². The van der Waals surface area contributed by atoms with Crippen LogP contribution in [0, 0.1) is 0 Å². The highest BCUT2D eigenvalue weighted by Crippen LogP contribution is 2.36. The van der Waals surface area contributed by atoms with Crippen molar-refractivity contribution in [3.8, 4) is 0 Å². The number of amidine groups is 1. The van der Waals surface area contributed by atoms with E-state index in [2.05, 4.69) is 4.99 Å². The number of halogens is 6. The molecule has 27 heavy (non-hydrogen) atoms. The van der Waals surface area contributed by atoms with E-state index in [0.29, 0.717) is 4.90 Å². The largest absolute Gasteiger partial charge is 0.416 e. The van der Waals surface area contributed by atoms with Gasteiger partial charge in [-0.05, 0) is 32.3 Å². The first-order chi connectivity index (χ1) is 12.2. The fourth-order valence-electron chi connectivity index (χ4n) is 2.34. The average Bonchev–Trinajstić information content (AvgIpc) is 2.74. The molecule has 0 saturated carbocycles. The maximum atomic E-state index is 13.0. The van der Waals surface area contributed by atoms with E-state index < -0.39 is 39.5 Å². The topological polar surface area (TPSA) is 56.2 Å². The third-order valence-electron chi connectivity index (χ3n) is 3.64. The Labute approximate surface area is 168 Å². The van der Waals surface area contributed by atoms with E-state index in [1.165, 1.54) is 32.1 Å². The predicted molar refractivity (Wildman–Crippen MR) is 97.3 cm³/mol. The van der Waals surface area contributed by atoms with Crippen molar-refractivity contribution in [1.29, 1.82) is 0 Å². The molecule has 0 bridgehead atoms. The van der Waals surface area contributed by atoms with E-state index >= 15 is 0 Å². The first-order valence-electron chi connectivity index (χ1n) is 7.35. The Hall–Kier alpha value is -1.55. The smallest absolute Gasteiger partial charge is 0.284 e. The molecular weight excluding hydrogens is 432 g/mol. The van der Waals surface area contributed by atoms with Gasteiger partial charge in [-0.1, -0.05) is 40.9 Å². The van der Waals surface area contributed by atoms with Crippen LogP contribution >= 0.6 is 34.8 Å². The molecule has 0 aromatic heterocycles. The van der Waals surface area contributed by atoms with Crippen molar-refractivity contribution in [2.75, 3.05) is 26.0 Å². The summed E-state index contributed by atoms with van der Waals surface area (Å²) in [6.07, 6.45) is -5.80. The lowest BCUT2D eigenvalue weighted by Crippen LogP contribution is -2.41. The lowest BCUT2D eigenvalue weighted by Gasteiger charge is -2.28. The molecule has 1 heterocycles. The van der Waals surface area contributed by atoms with Gasteiger partial charge in [-0.15, -0.1) is 0 Å². The van der Waals surface area contributed by atoms with Gasteiger partial charge in [-0.3, -0.25) is 14.6 Å². The molecule has 1 atom stereocenters. The van der Waals surface area contributed by atoms with Gasteiger partial charge in [0.1, 0.15) is 0 Å². The van der Waals surface area contributed by atoms with E-state index in [1.54, 1.807) is 0 Å². The number of aliphatic imine (C=N–C) groups is 1. The highest BCUT2D eigenvalue weighted by atomic mass is 35.6. The van der Waals surface area contributed by atoms with Gasteiger partial charge in [-0.25, -0.2) is 14.7 Å². The van der Waals surface area contributed by atoms with E-state index in [0.717, 1.165) is 23.1 Å². The molecule has 0 spiro atoms. The van der Waals surface area contributed by atoms with Crippen LogP contribution in [-0.4, -0.2) is 58.7 Å². The summed E-state index contributed by atoms with van der Waals surface area (Å²) in [6, 6.07) is 3.06. The SMILES string of the molecule is CN1C(=O)/C(=N\C(N(C)C)C(Cl)(Cl)Cl)N(c2cccc(C(F)(F)F)c2)C1=O. The van der Waals surface area contributed by atoms with Crippen LogP contribution in [0.5, 0.6) is 0 Å². The summed E-state index contributed by atoms with van der Waals surface area (Å²) < 4.78 is 37.1. The lowest BCUT2D eigenvalue weighted by molar-refractivity contribution is -0.137. The molecule has 0 N–H and O–H groups in total. The number of hydrogen-bond acceptors (Lipinski definition) is 4. The molecule has 1 aromatic carbocycles. The molecule has 12 heteroatoms. The second kappa shape index (κ2) is 7.46. The highest BCUT2D eigenvalue weighted by Gasteiger charge is 2.44. The van der Waals surface area contributed by atoms with E-state index in [4.69, 9.17) is 34.8 Å². The molecule has 1 unspecified atom stereocenters. The fourth-order valence-corrected chi connectivity index (χ4v) is 3.07. The van der Waals surface area contributed by atoms with Crippen LogP contribution in [0.2, 0.25) is 0 Å². The first kappa shape index (κ1) is 21.7. The summed E-state index contributed by atoms with van der Waals surface area (Å²) in [5.41, 5.74) is -1.17. The zero-order chi connectivity index (χ0) is 20.7. The molecular formula is C15H14Cl3F3N4O2. The molecule has 1 aliphatic rings. The summed E-state index contributed by atoms with van der Waals surface area (Å²) in [4.78, 5) is 31.8. The molecule has 1 aromatic rings. The Balaban J connectivity index is 2.61. The van der Waals surface area contributed by atoms with Gasteiger partial charge in [0.2, 0.25) is 9.63 Å². The number of urea groups is 1. The van der Waals surface area contributed by atoms with Crippen molar-refractivity contribution in [2.24, 2.45) is 4.99 Å². The van der Waals surface area contributed by atoms with E-state index in [1.807, 2.05) is 0 Å². The van der Waals surface area contributed by atoms with Crippen LogP contribution in [0.4, 0.5) is 23.7 Å². The number of rotatable bonds is 3. The maximum Gasteiger partial charge on any atom is 0.416 e. The van der Waals surface area contributed by atoms with Crippen LogP contribution in [0.15, 0.2) is 29.3 Å². The first-order valence-corrected chi connectivity index (χ1v) is 8.49. The third-order valence-corrected chi connectivity index (χ3v) is 4.23. The van der Waals surface area contributed by atoms with Gasteiger partial charge < -0.3 is 0 Å². The van der Waals surface area contributed by atoms with Gasteiger partial charge in [0.15, 0.2) is 6.17 Å². The van der Waals surface area contributed by atoms with Gasteiger partial charge in [0, 0.05) is 7.05 Å². The Morgan fingerprint density at radius 2 is 1.74 bits per heavy atom. The molecule has 3 amide bonds. The Bertz CT molecular complexity index is 793. The highest BCUT2D eigenvalue weighted by molar-refractivity contribution is 6.68. The molecule has 2 rings (SSSR count). The molecule has 6 nitrogen and oxygen atoms in total. The monoisotopic (exact) mass is 444 g/mol. The minimum atomic E-state index is -4.63. The van der Waals surface area contributed by atoms with Gasteiger partial charge in [0.05, 0.1) is 11.3 Å². The van der Waals surface area contributed by atoms with Crippen molar-refractivity contribution in [2.45, 2.75) is 16.1 Å². The van der Waals surface area contributed by atoms with Crippen molar-refractivity contribution >= 4 is 58.3 Å². The Morgan fingerprint density at radius 1 is 1.15 bits per heavy atom. The zero-order valence-electron chi connectivity index (χ0n) is 14.3. The van der Waals surface area contributed by atoms with Gasteiger partial charge in [0.25, 0.3) is 5.91 Å². The quantitative estimate of drug-likeness (QED) is 0.526. The van der Waals surface area contributed by atoms with Crippen molar-refractivity contribution in [3.63, 3.8) is 0 Å². The van der Waals surface area contributed by atoms with Crippen LogP contribution in [-0.2, 0) is 11.0 Å². The number of imide groups is 1. The number of anilines is 1. The summed E-state index contributed by atoms with van der Waals surface area (Å²) in [5.74, 6) is -1.29. The maximum absolute atomic E-state index is 13.0. The fraction of sp³-hybridized carbons (Fsp3) is 0.400. The number of carbonyl (C=O) groups excluding carboxylic acids is 2. The number of benzene rings is 1. The molecule has 0 radical (unpaired) electrons. The van der Waals surface area contributed by atoms with E-state index in [-0.39, 0.29) is 5.69 Å². The van der Waals surface area contributed by atoms with Crippen molar-refractivity contribution in [1.82, 2.24) is 9.80 Å². The summed E-state index contributed by atoms with van der Waals surface area (Å²) in [7, 11) is 4.22. The van der Waals surface area contributed by atoms with Crippen LogP contribution in [0.1, 0.15) is 5.56 Å². The third kappa shape index (κ3) is 4.48. The second-order valence-corrected chi connectivity index (χ2v) is 8.23. The predicted octanol–water partition coefficient (Wildman–Crippen LogP) is 3.76. The average molecular weight is 446 g/mol. The minimum absolute atomic E-state index is 0.187. The molecule has 148 valence electrons. The number of hydrogen-bond donors (Lipinski definition) is 0. The number of alkyl halides is 6. The summed E-state index contributed by atoms with van der Waals surface area (Å²) in [5, 5.41) is 0. The normalized spacial score (nSPS) is 18.8. The zero-order valence-corrected chi connectivity index (χ0v) is 16.5. The summed E-state index contributed by atoms with van der Waals surface area (Å²) in [6.45, 7) is 0. The van der Waals surface area contributed by atoms with E-state index in [9.17, 15) is 22.8 Å². The lowest BCUT2D eigenvalue weighted by atomic mass is 10.2. The van der Waals surface area contributed by atoms with Crippen molar-refractivity contribution in [3.05, 3.63) is 29.8 Å². The Kier molecular flexibility index (Phi) is 6.01. The van der Waals surface area contributed by atoms with Crippen LogP contribution in [0.25, 0.3) is 0 Å². The number of amides is 3. The minimum Gasteiger partial charge on any atom is -0.284 e. The number of nitrogens with zero attached hydrogens (tertiary/aromatic N) is 4. The standard InChI is InChI=1S/C15H14Cl3F3N4O2/c1-23(2)12(14(16,17)18)22-10-11(26)24(3)13(27)25(10)9-6-4-5-8(7-9)15(19,20)21/h4-7,12H,1-3H3/b22-10+. The number of likely N-dealkylation sites (N-methyl/N-ethyl adjacent to an activating group) is 1.